The van der Waals surface area contributed by atoms with Crippen LogP contribution in [0.5, 0.6) is 0 Å². The third kappa shape index (κ3) is 5.15. The Morgan fingerprint density at radius 3 is 2.67 bits per heavy atom. The van der Waals surface area contributed by atoms with Crippen molar-refractivity contribution in [3.63, 3.8) is 0 Å². The van der Waals surface area contributed by atoms with Crippen molar-refractivity contribution in [2.45, 2.75) is 44.3 Å². The van der Waals surface area contributed by atoms with Crippen molar-refractivity contribution in [2.75, 3.05) is 10.6 Å². The van der Waals surface area contributed by atoms with Gasteiger partial charge in [0.15, 0.2) is 0 Å². The predicted octanol–water partition coefficient (Wildman–Crippen LogP) is 6.74. The lowest BCUT2D eigenvalue weighted by atomic mass is 10.0. The fraction of sp³-hybridized carbons (Fsp3) is 0.233. The van der Waals surface area contributed by atoms with Crippen molar-refractivity contribution in [1.82, 2.24) is 21.0 Å². The van der Waals surface area contributed by atoms with E-state index in [1.165, 1.54) is 11.3 Å². The maximum absolute atomic E-state index is 9.98. The number of halogens is 1. The van der Waals surface area contributed by atoms with Gasteiger partial charge in [0.2, 0.25) is 0 Å². The van der Waals surface area contributed by atoms with Crippen molar-refractivity contribution in [1.29, 1.82) is 10.5 Å². The second-order valence-electron chi connectivity index (χ2n) is 9.92. The maximum atomic E-state index is 9.98. The van der Waals surface area contributed by atoms with E-state index in [0.717, 1.165) is 46.5 Å². The Morgan fingerprint density at radius 2 is 1.98 bits per heavy atom. The lowest BCUT2D eigenvalue weighted by molar-refractivity contribution is 0.260. The molecule has 1 fully saturated rings. The van der Waals surface area contributed by atoms with Crippen LogP contribution >= 0.6 is 22.9 Å². The highest BCUT2D eigenvalue weighted by atomic mass is 35.5. The highest BCUT2D eigenvalue weighted by molar-refractivity contribution is 7.10. The first-order valence-electron chi connectivity index (χ1n) is 13.2. The summed E-state index contributed by atoms with van der Waals surface area (Å²) < 4.78 is 0. The summed E-state index contributed by atoms with van der Waals surface area (Å²) in [5.41, 5.74) is 11.8. The van der Waals surface area contributed by atoms with Gasteiger partial charge in [-0.15, -0.1) is 16.9 Å². The van der Waals surface area contributed by atoms with E-state index in [2.05, 4.69) is 69.0 Å². The standard InChI is InChI=1S/C30H27ClN8S/c1-2-25(19-6-4-3-5-7-19)36-28-20(14-33)15-34-29-23(28)11-21(12-24(29)31)35-30(27-10-18(13-32)17-40-27)26-16-39(38-37-26)22-8-9-22/h3-7,10-12,15-17,22,25,30,35,37-38H,2,8-9H2,1H3,(H,34,36)/t25-,30-/m1/s1. The Bertz CT molecular complexity index is 1670. The highest BCUT2D eigenvalue weighted by Gasteiger charge is 2.32. The molecular formula is C30H27ClN8S. The van der Waals surface area contributed by atoms with Crippen molar-refractivity contribution >= 4 is 45.2 Å². The van der Waals surface area contributed by atoms with Crippen LogP contribution in [0.15, 0.2) is 72.0 Å². The smallest absolute Gasteiger partial charge is 0.104 e. The summed E-state index contributed by atoms with van der Waals surface area (Å²) in [4.78, 5) is 5.52. The third-order valence-corrected chi connectivity index (χ3v) is 8.46. The second-order valence-corrected chi connectivity index (χ2v) is 11.3. The molecule has 0 bridgehead atoms. The summed E-state index contributed by atoms with van der Waals surface area (Å²) in [6, 6.07) is 20.7. The predicted molar refractivity (Wildman–Crippen MR) is 159 cm³/mol. The molecule has 10 heteroatoms. The number of nitrogens with one attached hydrogen (secondary N) is 4. The van der Waals surface area contributed by atoms with Crippen molar-refractivity contribution < 1.29 is 0 Å². The molecule has 8 nitrogen and oxygen atoms in total. The molecule has 1 saturated carbocycles. The molecule has 40 heavy (non-hydrogen) atoms. The van der Waals surface area contributed by atoms with Gasteiger partial charge in [-0.05, 0) is 43.0 Å². The van der Waals surface area contributed by atoms with E-state index in [1.54, 1.807) is 6.20 Å². The van der Waals surface area contributed by atoms with Crippen molar-refractivity contribution in [3.8, 4) is 12.1 Å². The Morgan fingerprint density at radius 1 is 1.15 bits per heavy atom. The first kappa shape index (κ1) is 26.0. The molecule has 0 spiro atoms. The molecule has 4 aromatic rings. The Hall–Kier alpha value is -4.28. The number of hydrogen-bond acceptors (Lipinski definition) is 9. The van der Waals surface area contributed by atoms with Crippen LogP contribution in [0.1, 0.15) is 59.8 Å². The third-order valence-electron chi connectivity index (χ3n) is 7.18. The van der Waals surface area contributed by atoms with Gasteiger partial charge < -0.3 is 16.1 Å². The summed E-state index contributed by atoms with van der Waals surface area (Å²) in [5, 5.41) is 31.9. The van der Waals surface area contributed by atoms with Gasteiger partial charge in [0, 0.05) is 39.8 Å². The van der Waals surface area contributed by atoms with Crippen LogP contribution < -0.4 is 21.6 Å². The lowest BCUT2D eigenvalue weighted by Crippen LogP contribution is -2.38. The number of nitrogens with zero attached hydrogens (tertiary/aromatic N) is 4. The zero-order chi connectivity index (χ0) is 27.6. The molecule has 0 unspecified atom stereocenters. The van der Waals surface area contributed by atoms with E-state index >= 15 is 0 Å². The van der Waals surface area contributed by atoms with Crippen LogP contribution in [0.4, 0.5) is 11.4 Å². The van der Waals surface area contributed by atoms with Gasteiger partial charge in [-0.2, -0.15) is 10.5 Å². The molecule has 1 aliphatic heterocycles. The van der Waals surface area contributed by atoms with Crippen LogP contribution in [-0.2, 0) is 0 Å². The van der Waals surface area contributed by atoms with Crippen LogP contribution in [0, 0.1) is 22.7 Å². The van der Waals surface area contributed by atoms with Crippen molar-refractivity contribution in [3.05, 3.63) is 98.6 Å². The number of pyridine rings is 1. The zero-order valence-electron chi connectivity index (χ0n) is 21.8. The van der Waals surface area contributed by atoms with Gasteiger partial charge in [0.05, 0.1) is 39.1 Å². The van der Waals surface area contributed by atoms with Gasteiger partial charge >= 0.3 is 0 Å². The molecule has 3 heterocycles. The normalized spacial score (nSPS) is 16.0. The van der Waals surface area contributed by atoms with Gasteiger partial charge in [-0.25, -0.2) is 0 Å². The summed E-state index contributed by atoms with van der Waals surface area (Å²) in [6.45, 7) is 2.11. The Labute approximate surface area is 241 Å². The fourth-order valence-electron chi connectivity index (χ4n) is 4.94. The molecule has 2 atom stereocenters. The second kappa shape index (κ2) is 11.1. The molecule has 4 N–H and O–H groups in total. The Kier molecular flexibility index (Phi) is 7.19. The molecule has 1 aliphatic carbocycles. The van der Waals surface area contributed by atoms with Crippen LogP contribution in [0.25, 0.3) is 10.9 Å². The first-order chi connectivity index (χ1) is 19.6. The molecule has 2 aromatic carbocycles. The molecule has 0 amide bonds. The number of hydrogen-bond donors (Lipinski definition) is 4. The first-order valence-corrected chi connectivity index (χ1v) is 14.4. The van der Waals surface area contributed by atoms with Gasteiger partial charge in [0.25, 0.3) is 0 Å². The van der Waals surface area contributed by atoms with E-state index < -0.39 is 0 Å². The monoisotopic (exact) mass is 566 g/mol. The highest BCUT2D eigenvalue weighted by Crippen LogP contribution is 2.39. The summed E-state index contributed by atoms with van der Waals surface area (Å²) in [6.07, 6.45) is 6.79. The summed E-state index contributed by atoms with van der Waals surface area (Å²) >= 11 is 8.33. The molecule has 0 radical (unpaired) electrons. The SMILES string of the molecule is CC[C@@H](Nc1c(C#N)cnc2c(Cl)cc(N[C@H](C3=CN(C4CC4)NN3)c3cc(C#N)cs3)cc12)c1ccccc1. The molecule has 200 valence electrons. The van der Waals surface area contributed by atoms with Crippen LogP contribution in [0.2, 0.25) is 5.02 Å². The number of anilines is 2. The number of rotatable bonds is 9. The van der Waals surface area contributed by atoms with Crippen LogP contribution in [0.3, 0.4) is 0 Å². The molecule has 2 aliphatic rings. The minimum absolute atomic E-state index is 0.00452. The largest absolute Gasteiger partial charge is 0.377 e. The molecule has 6 rings (SSSR count). The number of fused-ring (bicyclic) bond motifs is 1. The van der Waals surface area contributed by atoms with Gasteiger partial charge in [-0.3, -0.25) is 9.99 Å². The van der Waals surface area contributed by atoms with E-state index in [1.807, 2.05) is 41.8 Å². The molecule has 0 saturated heterocycles. The molecular weight excluding hydrogens is 540 g/mol. The van der Waals surface area contributed by atoms with E-state index in [-0.39, 0.29) is 12.1 Å². The minimum atomic E-state index is -0.256. The Balaban J connectivity index is 1.41. The summed E-state index contributed by atoms with van der Waals surface area (Å²) in [7, 11) is 0. The van der Waals surface area contributed by atoms with E-state index in [9.17, 15) is 10.5 Å². The zero-order valence-corrected chi connectivity index (χ0v) is 23.4. The number of nitriles is 2. The maximum Gasteiger partial charge on any atom is 0.104 e. The quantitative estimate of drug-likeness (QED) is 0.176. The van der Waals surface area contributed by atoms with Crippen LogP contribution in [-0.4, -0.2) is 16.0 Å². The van der Waals surface area contributed by atoms with Gasteiger partial charge in [-0.1, -0.05) is 48.9 Å². The van der Waals surface area contributed by atoms with E-state index in [0.29, 0.717) is 33.4 Å². The van der Waals surface area contributed by atoms with E-state index in [4.69, 9.17) is 11.6 Å². The summed E-state index contributed by atoms with van der Waals surface area (Å²) in [5.74, 6) is 0. The average molecular weight is 567 g/mol. The minimum Gasteiger partial charge on any atom is -0.377 e. The number of benzene rings is 2. The number of thiophene rings is 1. The topological polar surface area (TPSA) is 112 Å². The average Bonchev–Trinajstić information content (AvgIpc) is 3.52. The fourth-order valence-corrected chi connectivity index (χ4v) is 6.10. The molecule has 2 aromatic heterocycles. The van der Waals surface area contributed by atoms with Crippen molar-refractivity contribution in [2.24, 2.45) is 0 Å². The number of aromatic nitrogens is 1. The lowest BCUT2D eigenvalue weighted by Gasteiger charge is -2.23. The number of hydrazine groups is 2. The van der Waals surface area contributed by atoms with Gasteiger partial charge in [0.1, 0.15) is 18.2 Å².